The van der Waals surface area contributed by atoms with Gasteiger partial charge in [-0.15, -0.1) is 0 Å². The SMILES string of the molecule is O=C(O)CC(Cc1ccc(-c2ccccc2)cc1)NC(=O)c1noc(=O)[nH]1. The van der Waals surface area contributed by atoms with Crippen molar-refractivity contribution in [3.8, 4) is 11.1 Å². The number of carboxylic acid groups (broad SMARTS) is 1. The zero-order valence-corrected chi connectivity index (χ0v) is 14.2. The molecule has 8 nitrogen and oxygen atoms in total. The van der Waals surface area contributed by atoms with E-state index in [1.165, 1.54) is 0 Å². The fourth-order valence-corrected chi connectivity index (χ4v) is 2.71. The zero-order valence-electron chi connectivity index (χ0n) is 14.2. The molecule has 1 atom stereocenters. The highest BCUT2D eigenvalue weighted by atomic mass is 16.5. The summed E-state index contributed by atoms with van der Waals surface area (Å²) in [6, 6.07) is 16.9. The maximum absolute atomic E-state index is 12.1. The predicted molar refractivity (Wildman–Crippen MR) is 96.2 cm³/mol. The summed E-state index contributed by atoms with van der Waals surface area (Å²) in [5.74, 6) is -2.90. The van der Waals surface area contributed by atoms with Gasteiger partial charge in [0.25, 0.3) is 5.91 Å². The molecule has 3 aromatic rings. The minimum atomic E-state index is -1.05. The van der Waals surface area contributed by atoms with Crippen molar-refractivity contribution in [1.82, 2.24) is 15.5 Å². The molecular weight excluding hydrogens is 350 g/mol. The van der Waals surface area contributed by atoms with Gasteiger partial charge in [-0.25, -0.2) is 4.79 Å². The van der Waals surface area contributed by atoms with E-state index in [1.807, 2.05) is 54.6 Å². The van der Waals surface area contributed by atoms with E-state index in [-0.39, 0.29) is 12.2 Å². The maximum atomic E-state index is 12.1. The van der Waals surface area contributed by atoms with Crippen molar-refractivity contribution in [3.63, 3.8) is 0 Å². The zero-order chi connectivity index (χ0) is 19.2. The minimum absolute atomic E-state index is 0.270. The van der Waals surface area contributed by atoms with Gasteiger partial charge in [0.2, 0.25) is 5.82 Å². The fourth-order valence-electron chi connectivity index (χ4n) is 2.71. The van der Waals surface area contributed by atoms with Gasteiger partial charge in [-0.2, -0.15) is 0 Å². The Morgan fingerprint density at radius 3 is 2.33 bits per heavy atom. The predicted octanol–water partition coefficient (Wildman–Crippen LogP) is 1.85. The molecule has 1 unspecified atom stereocenters. The molecule has 0 radical (unpaired) electrons. The standard InChI is InChI=1S/C19H17N3O5/c23-16(24)11-15(20-18(25)17-21-19(26)27-22-17)10-12-6-8-14(9-7-12)13-4-2-1-3-5-13/h1-9,15H,10-11H2,(H,20,25)(H,23,24)(H,21,22,26). The molecule has 3 N–H and O–H groups in total. The van der Waals surface area contributed by atoms with Crippen LogP contribution in [0.15, 0.2) is 63.9 Å². The highest BCUT2D eigenvalue weighted by Gasteiger charge is 2.20. The van der Waals surface area contributed by atoms with Crippen LogP contribution in [-0.4, -0.2) is 33.2 Å². The summed E-state index contributed by atoms with van der Waals surface area (Å²) in [5, 5.41) is 15.0. The number of hydrogen-bond donors (Lipinski definition) is 3. The first-order chi connectivity index (χ1) is 13.0. The Morgan fingerprint density at radius 1 is 1.07 bits per heavy atom. The Kier molecular flexibility index (Phi) is 5.46. The van der Waals surface area contributed by atoms with Gasteiger partial charge in [0.05, 0.1) is 6.42 Å². The first kappa shape index (κ1) is 18.1. The van der Waals surface area contributed by atoms with Crippen LogP contribution in [0.3, 0.4) is 0 Å². The van der Waals surface area contributed by atoms with Gasteiger partial charge in [0, 0.05) is 6.04 Å². The maximum Gasteiger partial charge on any atom is 0.439 e. The van der Waals surface area contributed by atoms with Crippen LogP contribution in [0.5, 0.6) is 0 Å². The number of carboxylic acids is 1. The molecule has 0 spiro atoms. The average molecular weight is 367 g/mol. The molecule has 0 saturated heterocycles. The van der Waals surface area contributed by atoms with Crippen LogP contribution < -0.4 is 11.1 Å². The van der Waals surface area contributed by atoms with Crippen LogP contribution in [0.25, 0.3) is 11.1 Å². The molecule has 0 aliphatic carbocycles. The third kappa shape index (κ3) is 4.91. The molecule has 1 aromatic heterocycles. The lowest BCUT2D eigenvalue weighted by Gasteiger charge is -2.16. The van der Waals surface area contributed by atoms with Crippen molar-refractivity contribution in [2.75, 3.05) is 0 Å². The number of aromatic nitrogens is 2. The number of nitrogens with one attached hydrogen (secondary N) is 2. The average Bonchev–Trinajstić information content (AvgIpc) is 3.09. The molecular formula is C19H17N3O5. The topological polar surface area (TPSA) is 125 Å². The largest absolute Gasteiger partial charge is 0.481 e. The summed E-state index contributed by atoms with van der Waals surface area (Å²) in [5.41, 5.74) is 2.99. The van der Waals surface area contributed by atoms with E-state index < -0.39 is 23.7 Å². The summed E-state index contributed by atoms with van der Waals surface area (Å²) in [7, 11) is 0. The van der Waals surface area contributed by atoms with Crippen LogP contribution >= 0.6 is 0 Å². The highest BCUT2D eigenvalue weighted by Crippen LogP contribution is 2.20. The normalized spacial score (nSPS) is 11.7. The Hall–Kier alpha value is -3.68. The molecule has 0 aliphatic heterocycles. The molecule has 3 rings (SSSR count). The third-order valence-corrected chi connectivity index (χ3v) is 3.95. The van der Waals surface area contributed by atoms with E-state index in [9.17, 15) is 14.4 Å². The van der Waals surface area contributed by atoms with Crippen molar-refractivity contribution >= 4 is 11.9 Å². The minimum Gasteiger partial charge on any atom is -0.481 e. The van der Waals surface area contributed by atoms with E-state index in [0.717, 1.165) is 16.7 Å². The van der Waals surface area contributed by atoms with Crippen molar-refractivity contribution < 1.29 is 19.2 Å². The number of hydrogen-bond acceptors (Lipinski definition) is 5. The number of carbonyl (C=O) groups is 2. The first-order valence-corrected chi connectivity index (χ1v) is 8.24. The van der Waals surface area contributed by atoms with E-state index in [0.29, 0.717) is 6.42 Å². The molecule has 0 saturated carbocycles. The molecule has 0 bridgehead atoms. The molecule has 8 heteroatoms. The molecule has 1 amide bonds. The smallest absolute Gasteiger partial charge is 0.439 e. The van der Waals surface area contributed by atoms with Gasteiger partial charge in [-0.1, -0.05) is 54.6 Å². The Morgan fingerprint density at radius 2 is 1.74 bits per heavy atom. The van der Waals surface area contributed by atoms with Crippen LogP contribution in [-0.2, 0) is 11.2 Å². The summed E-state index contributed by atoms with van der Waals surface area (Å²) in [6.07, 6.45) is 0.0451. The summed E-state index contributed by atoms with van der Waals surface area (Å²) in [6.45, 7) is 0. The number of H-pyrrole nitrogens is 1. The number of benzene rings is 2. The lowest BCUT2D eigenvalue weighted by Crippen LogP contribution is -2.38. The number of aromatic amines is 1. The third-order valence-electron chi connectivity index (χ3n) is 3.95. The van der Waals surface area contributed by atoms with E-state index in [4.69, 9.17) is 5.11 Å². The van der Waals surface area contributed by atoms with Gasteiger partial charge >= 0.3 is 11.7 Å². The molecule has 27 heavy (non-hydrogen) atoms. The van der Waals surface area contributed by atoms with Crippen molar-refractivity contribution in [2.45, 2.75) is 18.9 Å². The van der Waals surface area contributed by atoms with Crippen LogP contribution in [0.2, 0.25) is 0 Å². The van der Waals surface area contributed by atoms with Gasteiger partial charge < -0.3 is 10.4 Å². The van der Waals surface area contributed by atoms with Crippen molar-refractivity contribution in [1.29, 1.82) is 0 Å². The lowest BCUT2D eigenvalue weighted by molar-refractivity contribution is -0.137. The van der Waals surface area contributed by atoms with Crippen LogP contribution in [0.1, 0.15) is 22.6 Å². The molecule has 0 fully saturated rings. The number of carbonyl (C=O) groups excluding carboxylic acids is 1. The Bertz CT molecular complexity index is 976. The Labute approximate surface area is 153 Å². The van der Waals surface area contributed by atoms with Crippen molar-refractivity contribution in [2.24, 2.45) is 0 Å². The molecule has 1 heterocycles. The fraction of sp³-hybridized carbons (Fsp3) is 0.158. The molecule has 0 aliphatic rings. The van der Waals surface area contributed by atoms with Gasteiger partial charge in [-0.3, -0.25) is 19.1 Å². The lowest BCUT2D eigenvalue weighted by atomic mass is 9.99. The second-order valence-electron chi connectivity index (χ2n) is 5.98. The van der Waals surface area contributed by atoms with Crippen LogP contribution in [0.4, 0.5) is 0 Å². The molecule has 2 aromatic carbocycles. The van der Waals surface area contributed by atoms with Gasteiger partial charge in [-0.05, 0) is 28.3 Å². The second kappa shape index (κ2) is 8.13. The van der Waals surface area contributed by atoms with E-state index in [1.54, 1.807) is 0 Å². The van der Waals surface area contributed by atoms with E-state index in [2.05, 4.69) is 20.0 Å². The number of amides is 1. The quantitative estimate of drug-likeness (QED) is 0.585. The van der Waals surface area contributed by atoms with Gasteiger partial charge in [0.1, 0.15) is 0 Å². The summed E-state index contributed by atoms with van der Waals surface area (Å²) >= 11 is 0. The second-order valence-corrected chi connectivity index (χ2v) is 5.98. The van der Waals surface area contributed by atoms with Gasteiger partial charge in [0.15, 0.2) is 0 Å². The molecule has 138 valence electrons. The summed E-state index contributed by atoms with van der Waals surface area (Å²) < 4.78 is 4.28. The number of aliphatic carboxylic acids is 1. The van der Waals surface area contributed by atoms with Crippen molar-refractivity contribution in [3.05, 3.63) is 76.5 Å². The highest BCUT2D eigenvalue weighted by molar-refractivity contribution is 5.90. The number of rotatable bonds is 7. The van der Waals surface area contributed by atoms with E-state index >= 15 is 0 Å². The first-order valence-electron chi connectivity index (χ1n) is 8.24. The Balaban J connectivity index is 1.71. The van der Waals surface area contributed by atoms with Crippen LogP contribution in [0, 0.1) is 0 Å². The number of nitrogens with zero attached hydrogens (tertiary/aromatic N) is 1. The summed E-state index contributed by atoms with van der Waals surface area (Å²) in [4.78, 5) is 36.3. The monoisotopic (exact) mass is 367 g/mol.